The van der Waals surface area contributed by atoms with Crippen molar-refractivity contribution in [3.8, 4) is 5.75 Å². The lowest BCUT2D eigenvalue weighted by Gasteiger charge is -2.27. The first kappa shape index (κ1) is 19.0. The average molecular weight is 410 g/mol. The molecular formula is C17H20BrN3O4. The van der Waals surface area contributed by atoms with Gasteiger partial charge in [-0.05, 0) is 47.8 Å². The number of rotatable bonds is 6. The minimum absolute atomic E-state index is 0.188. The van der Waals surface area contributed by atoms with Crippen molar-refractivity contribution in [1.82, 2.24) is 14.9 Å². The number of ether oxygens (including phenoxy) is 1. The van der Waals surface area contributed by atoms with Crippen molar-refractivity contribution in [2.45, 2.75) is 32.4 Å². The Morgan fingerprint density at radius 2 is 2.00 bits per heavy atom. The Labute approximate surface area is 153 Å². The monoisotopic (exact) mass is 409 g/mol. The molecule has 0 atom stereocenters. The minimum Gasteiger partial charge on any atom is -0.496 e. The molecule has 0 spiro atoms. The summed E-state index contributed by atoms with van der Waals surface area (Å²) in [5.41, 5.74) is -0.738. The van der Waals surface area contributed by atoms with Crippen LogP contribution in [-0.4, -0.2) is 28.1 Å². The molecule has 25 heavy (non-hydrogen) atoms. The summed E-state index contributed by atoms with van der Waals surface area (Å²) >= 11 is 3.04. The van der Waals surface area contributed by atoms with Crippen LogP contribution < -0.4 is 21.3 Å². The van der Waals surface area contributed by atoms with Gasteiger partial charge in [0, 0.05) is 11.7 Å². The number of nitrogens with zero attached hydrogens (tertiary/aromatic N) is 1. The van der Waals surface area contributed by atoms with Gasteiger partial charge in [-0.15, -0.1) is 0 Å². The second-order valence-electron chi connectivity index (χ2n) is 6.28. The van der Waals surface area contributed by atoms with Gasteiger partial charge in [0.2, 0.25) is 5.91 Å². The first-order chi connectivity index (χ1) is 11.7. The summed E-state index contributed by atoms with van der Waals surface area (Å²) in [6, 6.07) is 7.60. The topological polar surface area (TPSA) is 93.2 Å². The third kappa shape index (κ3) is 5.06. The molecular weight excluding hydrogens is 390 g/mol. The van der Waals surface area contributed by atoms with Gasteiger partial charge in [-0.25, -0.2) is 4.79 Å². The molecule has 0 aliphatic carbocycles. The third-order valence-electron chi connectivity index (χ3n) is 3.58. The lowest BCUT2D eigenvalue weighted by molar-refractivity contribution is -0.123. The van der Waals surface area contributed by atoms with Crippen LogP contribution in [0.15, 0.2) is 44.5 Å². The van der Waals surface area contributed by atoms with Gasteiger partial charge in [-0.3, -0.25) is 19.1 Å². The molecule has 7 nitrogen and oxygen atoms in total. The van der Waals surface area contributed by atoms with Gasteiger partial charge >= 0.3 is 5.69 Å². The second kappa shape index (κ2) is 7.69. The zero-order valence-corrected chi connectivity index (χ0v) is 15.8. The molecule has 0 unspecified atom stereocenters. The molecule has 2 N–H and O–H groups in total. The fourth-order valence-corrected chi connectivity index (χ4v) is 2.89. The molecule has 1 aromatic heterocycles. The Hall–Kier alpha value is -2.35. The van der Waals surface area contributed by atoms with Gasteiger partial charge in [-0.2, -0.15) is 0 Å². The molecule has 1 heterocycles. The molecule has 2 aromatic rings. The van der Waals surface area contributed by atoms with Gasteiger partial charge in [0.25, 0.3) is 5.56 Å². The molecule has 8 heteroatoms. The van der Waals surface area contributed by atoms with E-state index < -0.39 is 16.8 Å². The molecule has 0 bridgehead atoms. The molecule has 1 aromatic carbocycles. The van der Waals surface area contributed by atoms with Crippen LogP contribution in [0.2, 0.25) is 0 Å². The van der Waals surface area contributed by atoms with Crippen LogP contribution in [0, 0.1) is 0 Å². The van der Waals surface area contributed by atoms with E-state index in [0.717, 1.165) is 15.9 Å². The predicted octanol–water partition coefficient (Wildman–Crippen LogP) is 1.45. The third-order valence-corrected chi connectivity index (χ3v) is 4.15. The second-order valence-corrected chi connectivity index (χ2v) is 7.14. The van der Waals surface area contributed by atoms with Crippen LogP contribution in [0.1, 0.15) is 19.4 Å². The summed E-state index contributed by atoms with van der Waals surface area (Å²) in [6.45, 7) is 3.59. The Morgan fingerprint density at radius 1 is 1.32 bits per heavy atom. The van der Waals surface area contributed by atoms with E-state index in [2.05, 4.69) is 26.2 Å². The van der Waals surface area contributed by atoms with E-state index in [4.69, 9.17) is 4.74 Å². The van der Waals surface area contributed by atoms with Gasteiger partial charge in [0.05, 0.1) is 11.6 Å². The zero-order chi connectivity index (χ0) is 18.6. The first-order valence-corrected chi connectivity index (χ1v) is 8.43. The molecule has 0 saturated carbocycles. The standard InChI is InChI=1S/C17H20BrN3O4/c1-17(2,8-11-6-4-5-7-13(11)25-3)20-14(22)10-21-9-12(18)15(23)19-16(21)24/h4-7,9H,8,10H2,1-3H3,(H,20,22)(H,19,23,24). The smallest absolute Gasteiger partial charge is 0.328 e. The molecule has 2 rings (SSSR count). The van der Waals surface area contributed by atoms with Crippen LogP contribution in [0.3, 0.4) is 0 Å². The highest BCUT2D eigenvalue weighted by Gasteiger charge is 2.23. The van der Waals surface area contributed by atoms with Gasteiger partial charge in [0.1, 0.15) is 12.3 Å². The van der Waals surface area contributed by atoms with Crippen LogP contribution in [0.4, 0.5) is 0 Å². The lowest BCUT2D eigenvalue weighted by Crippen LogP contribution is -2.47. The van der Waals surface area contributed by atoms with E-state index in [1.165, 1.54) is 6.20 Å². The zero-order valence-electron chi connectivity index (χ0n) is 14.3. The number of aromatic nitrogens is 2. The van der Waals surface area contributed by atoms with Crippen molar-refractivity contribution < 1.29 is 9.53 Å². The van der Waals surface area contributed by atoms with Gasteiger partial charge in [0.15, 0.2) is 0 Å². The predicted molar refractivity (Wildman–Crippen MR) is 97.9 cm³/mol. The van der Waals surface area contributed by atoms with E-state index in [-0.39, 0.29) is 16.9 Å². The van der Waals surface area contributed by atoms with Crippen molar-refractivity contribution >= 4 is 21.8 Å². The lowest BCUT2D eigenvalue weighted by atomic mass is 9.94. The Bertz CT molecular complexity index is 886. The number of para-hydroxylation sites is 1. The molecule has 0 radical (unpaired) electrons. The Kier molecular flexibility index (Phi) is 5.84. The summed E-state index contributed by atoms with van der Waals surface area (Å²) in [5.74, 6) is 0.423. The number of hydrogen-bond acceptors (Lipinski definition) is 4. The number of amides is 1. The van der Waals surface area contributed by atoms with Crippen molar-refractivity contribution in [1.29, 1.82) is 0 Å². The van der Waals surface area contributed by atoms with E-state index in [1.54, 1.807) is 7.11 Å². The number of halogens is 1. The number of nitrogens with one attached hydrogen (secondary N) is 2. The normalized spacial score (nSPS) is 11.2. The maximum Gasteiger partial charge on any atom is 0.328 e. The minimum atomic E-state index is -0.633. The summed E-state index contributed by atoms with van der Waals surface area (Å²) < 4.78 is 6.66. The highest BCUT2D eigenvalue weighted by atomic mass is 79.9. The quantitative estimate of drug-likeness (QED) is 0.754. The van der Waals surface area contributed by atoms with Crippen LogP contribution in [0.25, 0.3) is 0 Å². The van der Waals surface area contributed by atoms with Crippen LogP contribution >= 0.6 is 15.9 Å². The Balaban J connectivity index is 2.10. The SMILES string of the molecule is COc1ccccc1CC(C)(C)NC(=O)Cn1cc(Br)c(=O)[nH]c1=O. The molecule has 0 aliphatic rings. The molecule has 0 aliphatic heterocycles. The van der Waals surface area contributed by atoms with Crippen molar-refractivity contribution in [3.63, 3.8) is 0 Å². The van der Waals surface area contributed by atoms with Crippen LogP contribution in [-0.2, 0) is 17.8 Å². The highest BCUT2D eigenvalue weighted by molar-refractivity contribution is 9.10. The fourth-order valence-electron chi connectivity index (χ4n) is 2.54. The molecule has 1 amide bonds. The first-order valence-electron chi connectivity index (χ1n) is 7.64. The molecule has 0 fully saturated rings. The maximum absolute atomic E-state index is 12.3. The molecule has 0 saturated heterocycles. The van der Waals surface area contributed by atoms with Crippen molar-refractivity contribution in [2.24, 2.45) is 0 Å². The summed E-state index contributed by atoms with van der Waals surface area (Å²) in [6.07, 6.45) is 1.86. The summed E-state index contributed by atoms with van der Waals surface area (Å²) in [7, 11) is 1.60. The van der Waals surface area contributed by atoms with Crippen molar-refractivity contribution in [3.05, 3.63) is 61.3 Å². The molecule has 134 valence electrons. The summed E-state index contributed by atoms with van der Waals surface area (Å²) in [4.78, 5) is 37.6. The Morgan fingerprint density at radius 3 is 2.68 bits per heavy atom. The number of carbonyl (C=O) groups excluding carboxylic acids is 1. The highest BCUT2D eigenvalue weighted by Crippen LogP contribution is 2.22. The number of benzene rings is 1. The maximum atomic E-state index is 12.3. The van der Waals surface area contributed by atoms with Crippen molar-refractivity contribution in [2.75, 3.05) is 7.11 Å². The number of H-pyrrole nitrogens is 1. The van der Waals surface area contributed by atoms with E-state index in [0.29, 0.717) is 6.42 Å². The average Bonchev–Trinajstić information content (AvgIpc) is 2.52. The fraction of sp³-hybridized carbons (Fsp3) is 0.353. The number of aromatic amines is 1. The van der Waals surface area contributed by atoms with Gasteiger partial charge in [-0.1, -0.05) is 18.2 Å². The number of hydrogen-bond donors (Lipinski definition) is 2. The number of carbonyl (C=O) groups is 1. The van der Waals surface area contributed by atoms with E-state index in [9.17, 15) is 14.4 Å². The van der Waals surface area contributed by atoms with E-state index in [1.807, 2.05) is 38.1 Å². The largest absolute Gasteiger partial charge is 0.496 e. The van der Waals surface area contributed by atoms with E-state index >= 15 is 0 Å². The summed E-state index contributed by atoms with van der Waals surface area (Å²) in [5, 5.41) is 2.90. The van der Waals surface area contributed by atoms with Crippen LogP contribution in [0.5, 0.6) is 5.75 Å². The van der Waals surface area contributed by atoms with Gasteiger partial charge < -0.3 is 10.1 Å². The number of methoxy groups -OCH3 is 1.